The highest BCUT2D eigenvalue weighted by Crippen LogP contribution is 2.29. The summed E-state index contributed by atoms with van der Waals surface area (Å²) in [5, 5.41) is 3.11. The van der Waals surface area contributed by atoms with E-state index in [4.69, 9.17) is 16.3 Å². The number of anilines is 2. The average molecular weight is 546 g/mol. The second kappa shape index (κ2) is 11.6. The van der Waals surface area contributed by atoms with E-state index < -0.39 is 21.7 Å². The third-order valence-corrected chi connectivity index (χ3v) is 8.16. The summed E-state index contributed by atoms with van der Waals surface area (Å²) >= 11 is 6.10. The lowest BCUT2D eigenvalue weighted by Crippen LogP contribution is -2.37. The Morgan fingerprint density at radius 3 is 2.57 bits per heavy atom. The molecule has 1 fully saturated rings. The highest BCUT2D eigenvalue weighted by atomic mass is 35.5. The highest BCUT2D eigenvalue weighted by Gasteiger charge is 2.30. The van der Waals surface area contributed by atoms with Crippen molar-refractivity contribution in [3.63, 3.8) is 0 Å². The van der Waals surface area contributed by atoms with E-state index in [1.165, 1.54) is 34.6 Å². The number of sulfonamides is 1. The minimum Gasteiger partial charge on any atom is -0.377 e. The van der Waals surface area contributed by atoms with Gasteiger partial charge in [0, 0.05) is 55.8 Å². The van der Waals surface area contributed by atoms with Gasteiger partial charge < -0.3 is 15.0 Å². The molecule has 0 aliphatic carbocycles. The molecule has 1 saturated heterocycles. The fraction of sp³-hybridized carbons (Fsp3) is 0.296. The molecule has 3 aromatic carbocycles. The summed E-state index contributed by atoms with van der Waals surface area (Å²) in [5.74, 6) is -0.974. The van der Waals surface area contributed by atoms with Crippen molar-refractivity contribution in [3.05, 3.63) is 88.7 Å². The Labute approximate surface area is 221 Å². The van der Waals surface area contributed by atoms with Gasteiger partial charge in [-0.2, -0.15) is 4.31 Å². The molecule has 4 rings (SSSR count). The first-order valence-electron chi connectivity index (χ1n) is 11.9. The molecule has 0 saturated carbocycles. The van der Waals surface area contributed by atoms with Gasteiger partial charge in [-0.25, -0.2) is 12.8 Å². The second-order valence-electron chi connectivity index (χ2n) is 9.09. The number of halogens is 2. The zero-order valence-electron chi connectivity index (χ0n) is 20.7. The van der Waals surface area contributed by atoms with Crippen molar-refractivity contribution in [3.8, 4) is 0 Å². The molecule has 1 aliphatic rings. The molecule has 7 nitrogen and oxygen atoms in total. The largest absolute Gasteiger partial charge is 0.377 e. The summed E-state index contributed by atoms with van der Waals surface area (Å²) in [6.07, 6.45) is 1.43. The number of carbonyl (C=O) groups excluding carboxylic acids is 1. The van der Waals surface area contributed by atoms with E-state index in [0.29, 0.717) is 22.9 Å². The maximum absolute atomic E-state index is 13.7. The van der Waals surface area contributed by atoms with Crippen LogP contribution in [0.1, 0.15) is 28.8 Å². The normalized spacial score (nSPS) is 15.6. The van der Waals surface area contributed by atoms with Crippen molar-refractivity contribution in [2.24, 2.45) is 0 Å². The molecule has 1 amide bonds. The number of nitrogens with one attached hydrogen (secondary N) is 1. The quantitative estimate of drug-likeness (QED) is 0.401. The maximum Gasteiger partial charge on any atom is 0.255 e. The Bertz CT molecular complexity index is 1380. The molecule has 1 aliphatic heterocycles. The fourth-order valence-corrected chi connectivity index (χ4v) is 6.04. The summed E-state index contributed by atoms with van der Waals surface area (Å²) in [4.78, 5) is 14.7. The van der Waals surface area contributed by atoms with Crippen LogP contribution >= 0.6 is 11.6 Å². The Kier molecular flexibility index (Phi) is 8.49. The number of rotatable bonds is 9. The van der Waals surface area contributed by atoms with E-state index in [-0.39, 0.29) is 29.7 Å². The third kappa shape index (κ3) is 6.67. The summed E-state index contributed by atoms with van der Waals surface area (Å²) in [5.41, 5.74) is 2.13. The van der Waals surface area contributed by atoms with E-state index in [9.17, 15) is 17.6 Å². The number of nitrogens with zero attached hydrogens (tertiary/aromatic N) is 2. The number of benzene rings is 3. The molecule has 0 spiro atoms. The van der Waals surface area contributed by atoms with Gasteiger partial charge in [0.15, 0.2) is 0 Å². The molecular weight excluding hydrogens is 517 g/mol. The molecule has 10 heteroatoms. The van der Waals surface area contributed by atoms with Gasteiger partial charge in [0.25, 0.3) is 5.91 Å². The number of hydrogen-bond donors (Lipinski definition) is 1. The van der Waals surface area contributed by atoms with Gasteiger partial charge in [-0.05, 0) is 73.0 Å². The molecule has 0 bridgehead atoms. The van der Waals surface area contributed by atoms with Crippen molar-refractivity contribution < 1.29 is 22.3 Å². The molecule has 37 heavy (non-hydrogen) atoms. The highest BCUT2D eigenvalue weighted by molar-refractivity contribution is 7.89. The lowest BCUT2D eigenvalue weighted by atomic mass is 10.1. The van der Waals surface area contributed by atoms with Gasteiger partial charge in [0.1, 0.15) is 5.82 Å². The minimum absolute atomic E-state index is 0.0475. The van der Waals surface area contributed by atoms with Crippen molar-refractivity contribution in [2.75, 3.05) is 37.5 Å². The fourth-order valence-electron chi connectivity index (χ4n) is 4.29. The molecular formula is C27H29ClFN3O4S. The van der Waals surface area contributed by atoms with Crippen LogP contribution in [0.4, 0.5) is 15.8 Å². The van der Waals surface area contributed by atoms with Gasteiger partial charge >= 0.3 is 0 Å². The zero-order chi connectivity index (χ0) is 26.6. The summed E-state index contributed by atoms with van der Waals surface area (Å²) in [6.45, 7) is 0.827. The predicted molar refractivity (Wildman–Crippen MR) is 143 cm³/mol. The van der Waals surface area contributed by atoms with Crippen LogP contribution in [-0.4, -0.2) is 52.0 Å². The van der Waals surface area contributed by atoms with Crippen LogP contribution < -0.4 is 10.2 Å². The van der Waals surface area contributed by atoms with Crippen molar-refractivity contribution >= 4 is 38.9 Å². The van der Waals surface area contributed by atoms with E-state index in [0.717, 1.165) is 24.6 Å². The van der Waals surface area contributed by atoms with Crippen LogP contribution in [-0.2, 0) is 21.3 Å². The van der Waals surface area contributed by atoms with Crippen LogP contribution in [0.15, 0.2) is 71.6 Å². The number of hydrogen-bond acceptors (Lipinski definition) is 5. The second-order valence-corrected chi connectivity index (χ2v) is 11.5. The SMILES string of the molecule is CN(C)c1ccc(NC(=O)c2cccc(F)c2)cc1CN(C[C@@H]1CCCO1)S(=O)(=O)c1cccc(Cl)c1. The molecule has 0 unspecified atom stereocenters. The zero-order valence-corrected chi connectivity index (χ0v) is 22.2. The molecule has 0 radical (unpaired) electrons. The smallest absolute Gasteiger partial charge is 0.255 e. The predicted octanol–water partition coefficient (Wildman–Crippen LogP) is 5.17. The Balaban J connectivity index is 1.67. The van der Waals surface area contributed by atoms with Gasteiger partial charge in [0.2, 0.25) is 10.0 Å². The van der Waals surface area contributed by atoms with Crippen LogP contribution in [0.25, 0.3) is 0 Å². The maximum atomic E-state index is 13.7. The lowest BCUT2D eigenvalue weighted by Gasteiger charge is -2.27. The van der Waals surface area contributed by atoms with Gasteiger partial charge in [-0.1, -0.05) is 23.7 Å². The summed E-state index contributed by atoms with van der Waals surface area (Å²) in [7, 11) is -0.192. The van der Waals surface area contributed by atoms with E-state index in [1.807, 2.05) is 25.1 Å². The monoisotopic (exact) mass is 545 g/mol. The average Bonchev–Trinajstić information content (AvgIpc) is 3.37. The molecule has 1 heterocycles. The molecule has 0 aromatic heterocycles. The van der Waals surface area contributed by atoms with Crippen LogP contribution in [0.2, 0.25) is 5.02 Å². The first-order valence-corrected chi connectivity index (χ1v) is 13.7. The van der Waals surface area contributed by atoms with Gasteiger partial charge in [-0.3, -0.25) is 4.79 Å². The number of ether oxygens (including phenoxy) is 1. The van der Waals surface area contributed by atoms with Gasteiger partial charge in [-0.15, -0.1) is 0 Å². The lowest BCUT2D eigenvalue weighted by molar-refractivity contribution is 0.0926. The Morgan fingerprint density at radius 2 is 1.89 bits per heavy atom. The van der Waals surface area contributed by atoms with Crippen molar-refractivity contribution in [2.45, 2.75) is 30.4 Å². The number of amides is 1. The van der Waals surface area contributed by atoms with Crippen molar-refractivity contribution in [1.29, 1.82) is 0 Å². The molecule has 1 N–H and O–H groups in total. The first-order chi connectivity index (χ1) is 17.6. The van der Waals surface area contributed by atoms with E-state index >= 15 is 0 Å². The standard InChI is InChI=1S/C27H29ClFN3O4S/c1-31(2)26-12-11-23(30-27(33)19-6-3-8-22(29)14-19)15-20(26)17-32(18-24-9-5-13-36-24)37(34,35)25-10-4-7-21(28)16-25/h3-4,6-8,10-12,14-16,24H,5,9,13,17-18H2,1-2H3,(H,30,33)/t24-/m0/s1. The Morgan fingerprint density at radius 1 is 1.11 bits per heavy atom. The van der Waals surface area contributed by atoms with E-state index in [1.54, 1.807) is 24.3 Å². The summed E-state index contributed by atoms with van der Waals surface area (Å²) in [6, 6.07) is 16.9. The van der Waals surface area contributed by atoms with Gasteiger partial charge in [0.05, 0.1) is 11.0 Å². The van der Waals surface area contributed by atoms with Crippen molar-refractivity contribution in [1.82, 2.24) is 4.31 Å². The Hall–Kier alpha value is -2.98. The molecule has 196 valence electrons. The topological polar surface area (TPSA) is 79.0 Å². The first kappa shape index (κ1) is 27.1. The van der Waals surface area contributed by atoms with Crippen LogP contribution in [0.5, 0.6) is 0 Å². The molecule has 1 atom stereocenters. The van der Waals surface area contributed by atoms with Crippen LogP contribution in [0, 0.1) is 5.82 Å². The molecule has 3 aromatic rings. The third-order valence-electron chi connectivity index (χ3n) is 6.12. The van der Waals surface area contributed by atoms with E-state index in [2.05, 4.69) is 5.32 Å². The minimum atomic E-state index is -3.91. The van der Waals surface area contributed by atoms with Crippen LogP contribution in [0.3, 0.4) is 0 Å². The number of carbonyl (C=O) groups is 1. The summed E-state index contributed by atoms with van der Waals surface area (Å²) < 4.78 is 48.2.